The van der Waals surface area contributed by atoms with E-state index in [9.17, 15) is 9.59 Å². The Bertz CT molecular complexity index is 586. The molecule has 2 rings (SSSR count). The lowest BCUT2D eigenvalue weighted by Gasteiger charge is -2.36. The first kappa shape index (κ1) is 27.7. The predicted octanol–water partition coefficient (Wildman–Crippen LogP) is 1.72. The average Bonchev–Trinajstić information content (AvgIpc) is 2.72. The van der Waals surface area contributed by atoms with Gasteiger partial charge in [-0.15, -0.1) is 24.0 Å². The summed E-state index contributed by atoms with van der Waals surface area (Å²) in [6, 6.07) is 1.13. The van der Waals surface area contributed by atoms with Gasteiger partial charge < -0.3 is 30.1 Å². The van der Waals surface area contributed by atoms with Gasteiger partial charge in [0.2, 0.25) is 5.91 Å². The molecule has 10 heteroatoms. The Morgan fingerprint density at radius 1 is 1.03 bits per heavy atom. The van der Waals surface area contributed by atoms with E-state index in [4.69, 9.17) is 4.74 Å². The zero-order chi connectivity index (χ0) is 22.1. The van der Waals surface area contributed by atoms with Crippen molar-refractivity contribution in [3.8, 4) is 0 Å². The third kappa shape index (κ3) is 9.38. The van der Waals surface area contributed by atoms with Crippen LogP contribution in [0.3, 0.4) is 0 Å². The highest BCUT2D eigenvalue weighted by Crippen LogP contribution is 2.14. The second-order valence-electron chi connectivity index (χ2n) is 8.61. The number of nitrogens with one attached hydrogen (secondary N) is 2. The van der Waals surface area contributed by atoms with Gasteiger partial charge in [0.25, 0.3) is 0 Å². The van der Waals surface area contributed by atoms with E-state index in [-0.39, 0.29) is 48.6 Å². The summed E-state index contributed by atoms with van der Waals surface area (Å²) in [4.78, 5) is 34.3. The highest BCUT2D eigenvalue weighted by molar-refractivity contribution is 14.0. The van der Waals surface area contributed by atoms with E-state index < -0.39 is 0 Å². The molecule has 0 radical (unpaired) electrons. The Kier molecular flexibility index (Phi) is 12.5. The SMILES string of the molecule is CCOC(=O)N1CCC(NC(=NCC(=O)N(C)C)NC2CCN(C(C)C)CC2)CC1.I. The molecule has 0 aromatic carbocycles. The van der Waals surface area contributed by atoms with Gasteiger partial charge in [0, 0.05) is 58.4 Å². The lowest BCUT2D eigenvalue weighted by Crippen LogP contribution is -2.54. The first-order valence-corrected chi connectivity index (χ1v) is 11.2. The van der Waals surface area contributed by atoms with Gasteiger partial charge in [0.1, 0.15) is 6.54 Å². The third-order valence-corrected chi connectivity index (χ3v) is 5.83. The van der Waals surface area contributed by atoms with Gasteiger partial charge in [-0.25, -0.2) is 9.79 Å². The highest BCUT2D eigenvalue weighted by atomic mass is 127. The molecular formula is C21H41IN6O3. The van der Waals surface area contributed by atoms with Crippen LogP contribution < -0.4 is 10.6 Å². The van der Waals surface area contributed by atoms with Gasteiger partial charge in [-0.2, -0.15) is 0 Å². The number of likely N-dealkylation sites (tertiary alicyclic amines) is 2. The highest BCUT2D eigenvalue weighted by Gasteiger charge is 2.26. The number of piperidine rings is 2. The summed E-state index contributed by atoms with van der Waals surface area (Å²) in [6.45, 7) is 10.3. The Morgan fingerprint density at radius 2 is 1.55 bits per heavy atom. The Hall–Kier alpha value is -1.30. The zero-order valence-corrected chi connectivity index (χ0v) is 22.1. The quantitative estimate of drug-likeness (QED) is 0.297. The minimum Gasteiger partial charge on any atom is -0.450 e. The number of likely N-dealkylation sites (N-methyl/N-ethyl adjacent to an activating group) is 1. The zero-order valence-electron chi connectivity index (χ0n) is 19.7. The largest absolute Gasteiger partial charge is 0.450 e. The number of guanidine groups is 1. The van der Waals surface area contributed by atoms with E-state index >= 15 is 0 Å². The van der Waals surface area contributed by atoms with Crippen molar-refractivity contribution >= 4 is 41.9 Å². The molecule has 2 heterocycles. The van der Waals surface area contributed by atoms with Crippen LogP contribution in [0.15, 0.2) is 4.99 Å². The molecule has 2 N–H and O–H groups in total. The van der Waals surface area contributed by atoms with Gasteiger partial charge in [-0.05, 0) is 46.5 Å². The maximum atomic E-state index is 12.0. The number of rotatable bonds is 6. The van der Waals surface area contributed by atoms with Gasteiger partial charge in [-0.1, -0.05) is 0 Å². The molecule has 0 aliphatic carbocycles. The van der Waals surface area contributed by atoms with E-state index in [2.05, 4.69) is 34.4 Å². The van der Waals surface area contributed by atoms with Crippen molar-refractivity contribution in [1.29, 1.82) is 0 Å². The number of nitrogens with zero attached hydrogens (tertiary/aromatic N) is 4. The molecule has 0 unspecified atom stereocenters. The molecule has 0 aromatic rings. The van der Waals surface area contributed by atoms with Crippen LogP contribution in [0.4, 0.5) is 4.79 Å². The molecule has 180 valence electrons. The molecular weight excluding hydrogens is 511 g/mol. The van der Waals surface area contributed by atoms with E-state index in [1.807, 2.05) is 6.92 Å². The normalized spacial score (nSPS) is 19.0. The van der Waals surface area contributed by atoms with Crippen molar-refractivity contribution in [2.45, 2.75) is 64.6 Å². The van der Waals surface area contributed by atoms with Crippen molar-refractivity contribution in [2.24, 2.45) is 4.99 Å². The van der Waals surface area contributed by atoms with E-state index in [1.54, 1.807) is 23.9 Å². The van der Waals surface area contributed by atoms with Gasteiger partial charge in [0.05, 0.1) is 6.61 Å². The number of hydrogen-bond acceptors (Lipinski definition) is 5. The average molecular weight is 553 g/mol. The molecule has 2 saturated heterocycles. The summed E-state index contributed by atoms with van der Waals surface area (Å²) in [7, 11) is 3.48. The third-order valence-electron chi connectivity index (χ3n) is 5.83. The lowest BCUT2D eigenvalue weighted by molar-refractivity contribution is -0.127. The summed E-state index contributed by atoms with van der Waals surface area (Å²) in [5.41, 5.74) is 0. The number of amides is 2. The second-order valence-corrected chi connectivity index (χ2v) is 8.61. The van der Waals surface area contributed by atoms with Gasteiger partial charge in [0.15, 0.2) is 5.96 Å². The topological polar surface area (TPSA) is 89.5 Å². The monoisotopic (exact) mass is 552 g/mol. The van der Waals surface area contributed by atoms with E-state index in [0.717, 1.165) is 38.8 Å². The summed E-state index contributed by atoms with van der Waals surface area (Å²) < 4.78 is 5.10. The molecule has 2 aliphatic heterocycles. The molecule has 2 fully saturated rings. The first-order valence-electron chi connectivity index (χ1n) is 11.2. The fraction of sp³-hybridized carbons (Fsp3) is 0.857. The van der Waals surface area contributed by atoms with E-state index in [1.165, 1.54) is 0 Å². The fourth-order valence-corrected chi connectivity index (χ4v) is 3.79. The Labute approximate surface area is 204 Å². The molecule has 0 atom stereocenters. The number of hydrogen-bond donors (Lipinski definition) is 2. The van der Waals surface area contributed by atoms with Gasteiger partial charge >= 0.3 is 6.09 Å². The molecule has 2 aliphatic rings. The number of carbonyl (C=O) groups excluding carboxylic acids is 2. The van der Waals surface area contributed by atoms with E-state index in [0.29, 0.717) is 37.7 Å². The summed E-state index contributed by atoms with van der Waals surface area (Å²) in [6.07, 6.45) is 3.53. The standard InChI is InChI=1S/C21H40N6O3.HI/c1-6-30-21(29)27-13-9-18(10-14-27)24-20(22-15-19(28)25(4)5)23-17-7-11-26(12-8-17)16(2)3;/h16-18H,6-15H2,1-5H3,(H2,22,23,24);1H. The maximum Gasteiger partial charge on any atom is 0.409 e. The molecule has 0 spiro atoms. The Balaban J connectivity index is 0.00000480. The van der Waals surface area contributed by atoms with Crippen LogP contribution >= 0.6 is 24.0 Å². The van der Waals surface area contributed by atoms with Crippen molar-refractivity contribution in [3.05, 3.63) is 0 Å². The van der Waals surface area contributed by atoms with Crippen molar-refractivity contribution in [2.75, 3.05) is 53.4 Å². The van der Waals surface area contributed by atoms with Crippen LogP contribution in [-0.4, -0.2) is 104 Å². The van der Waals surface area contributed by atoms with Crippen molar-refractivity contribution < 1.29 is 14.3 Å². The van der Waals surface area contributed by atoms with Crippen LogP contribution in [0.2, 0.25) is 0 Å². The summed E-state index contributed by atoms with van der Waals surface area (Å²) in [5, 5.41) is 7.05. The van der Waals surface area contributed by atoms with Crippen LogP contribution in [0.25, 0.3) is 0 Å². The smallest absolute Gasteiger partial charge is 0.409 e. The minimum absolute atomic E-state index is 0. The number of aliphatic imine (C=N–C) groups is 1. The summed E-state index contributed by atoms with van der Waals surface area (Å²) >= 11 is 0. The number of halogens is 1. The summed E-state index contributed by atoms with van der Waals surface area (Å²) in [5.74, 6) is 0.672. The molecule has 0 aromatic heterocycles. The lowest BCUT2D eigenvalue weighted by atomic mass is 10.0. The van der Waals surface area contributed by atoms with Crippen LogP contribution in [-0.2, 0) is 9.53 Å². The van der Waals surface area contributed by atoms with Crippen LogP contribution in [0.5, 0.6) is 0 Å². The van der Waals surface area contributed by atoms with Gasteiger partial charge in [-0.3, -0.25) is 4.79 Å². The van der Waals surface area contributed by atoms with Crippen LogP contribution in [0.1, 0.15) is 46.5 Å². The number of ether oxygens (including phenoxy) is 1. The molecule has 0 saturated carbocycles. The first-order chi connectivity index (χ1) is 14.3. The minimum atomic E-state index is -0.239. The second kappa shape index (κ2) is 14.0. The molecule has 9 nitrogen and oxygen atoms in total. The fourth-order valence-electron chi connectivity index (χ4n) is 3.79. The Morgan fingerprint density at radius 3 is 2.00 bits per heavy atom. The van der Waals surface area contributed by atoms with Crippen molar-refractivity contribution in [3.63, 3.8) is 0 Å². The predicted molar refractivity (Wildman–Crippen MR) is 134 cm³/mol. The van der Waals surface area contributed by atoms with Crippen molar-refractivity contribution in [1.82, 2.24) is 25.3 Å². The molecule has 31 heavy (non-hydrogen) atoms. The number of carbonyl (C=O) groups is 2. The molecule has 0 bridgehead atoms. The maximum absolute atomic E-state index is 12.0. The molecule has 2 amide bonds. The van der Waals surface area contributed by atoms with Crippen LogP contribution in [0, 0.1) is 0 Å².